The topological polar surface area (TPSA) is 43.1 Å². The maximum atomic E-state index is 9.76. The molecule has 0 amide bonds. The van der Waals surface area contributed by atoms with E-state index in [0.29, 0.717) is 6.42 Å². The minimum atomic E-state index is 0.139. The Morgan fingerprint density at radius 2 is 2.50 bits per heavy atom. The highest BCUT2D eigenvalue weighted by Crippen LogP contribution is 2.04. The molecule has 0 radical (unpaired) electrons. The van der Waals surface area contributed by atoms with Gasteiger partial charge < -0.3 is 10.5 Å². The van der Waals surface area contributed by atoms with Crippen molar-refractivity contribution in [3.63, 3.8) is 0 Å². The molecule has 0 aromatic carbocycles. The molecule has 0 rings (SSSR count). The van der Waals surface area contributed by atoms with E-state index in [0.717, 1.165) is 12.7 Å². The first kappa shape index (κ1) is 7.98. The first-order valence-corrected chi connectivity index (χ1v) is 3.82. The van der Waals surface area contributed by atoms with Crippen LogP contribution in [0.4, 0.5) is 0 Å². The molecule has 8 heavy (non-hydrogen) atoms. The van der Waals surface area contributed by atoms with Crippen LogP contribution in [-0.2, 0) is 4.79 Å². The van der Waals surface area contributed by atoms with E-state index < -0.39 is 0 Å². The van der Waals surface area contributed by atoms with Gasteiger partial charge in [0, 0.05) is 6.42 Å². The van der Waals surface area contributed by atoms with Gasteiger partial charge in [0.15, 0.2) is 0 Å². The number of thioether (sulfide) groups is 1. The molecule has 0 aromatic heterocycles. The van der Waals surface area contributed by atoms with E-state index in [-0.39, 0.29) is 5.37 Å². The second-order valence-corrected chi connectivity index (χ2v) is 2.60. The minimum absolute atomic E-state index is 0.139. The summed E-state index contributed by atoms with van der Waals surface area (Å²) in [6.45, 7) is 0. The quantitative estimate of drug-likeness (QED) is 0.451. The molecule has 1 atom stereocenters. The van der Waals surface area contributed by atoms with Crippen LogP contribution in [0, 0.1) is 0 Å². The summed E-state index contributed by atoms with van der Waals surface area (Å²) < 4.78 is 0. The van der Waals surface area contributed by atoms with Crippen LogP contribution in [0.2, 0.25) is 0 Å². The highest BCUT2D eigenvalue weighted by Gasteiger charge is 1.95. The first-order valence-electron chi connectivity index (χ1n) is 2.53. The minimum Gasteiger partial charge on any atom is -0.319 e. The van der Waals surface area contributed by atoms with Crippen molar-refractivity contribution < 1.29 is 4.79 Å². The molecule has 2 nitrogen and oxygen atoms in total. The van der Waals surface area contributed by atoms with Crippen LogP contribution in [0.25, 0.3) is 0 Å². The molecular weight excluding hydrogens is 122 g/mol. The van der Waals surface area contributed by atoms with Crippen LogP contribution in [0.15, 0.2) is 0 Å². The fourth-order valence-corrected chi connectivity index (χ4v) is 0.722. The van der Waals surface area contributed by atoms with Crippen molar-refractivity contribution in [3.05, 3.63) is 0 Å². The Balaban J connectivity index is 2.97. The first-order chi connectivity index (χ1) is 3.81. The highest BCUT2D eigenvalue weighted by molar-refractivity contribution is 7.99. The van der Waals surface area contributed by atoms with Crippen molar-refractivity contribution in [2.24, 2.45) is 5.73 Å². The Morgan fingerprint density at radius 3 is 2.88 bits per heavy atom. The molecule has 0 aliphatic heterocycles. The zero-order valence-electron chi connectivity index (χ0n) is 4.96. The number of hydrogen-bond donors (Lipinski definition) is 1. The second kappa shape index (κ2) is 5.12. The predicted molar refractivity (Wildman–Crippen MR) is 36.8 cm³/mol. The van der Waals surface area contributed by atoms with Crippen molar-refractivity contribution >= 4 is 18.0 Å². The Hall–Kier alpha value is -0.0200. The average molecular weight is 133 g/mol. The summed E-state index contributed by atoms with van der Waals surface area (Å²) in [6.07, 6.45) is 4.22. The molecule has 0 aromatic rings. The monoisotopic (exact) mass is 133 g/mol. The van der Waals surface area contributed by atoms with Gasteiger partial charge in [0.2, 0.25) is 0 Å². The molecule has 0 aliphatic rings. The maximum absolute atomic E-state index is 9.76. The Bertz CT molecular complexity index is 67.4. The summed E-state index contributed by atoms with van der Waals surface area (Å²) >= 11 is 1.58. The largest absolute Gasteiger partial charge is 0.319 e. The Labute approximate surface area is 53.8 Å². The lowest BCUT2D eigenvalue weighted by Gasteiger charge is -2.02. The molecule has 0 bridgehead atoms. The van der Waals surface area contributed by atoms with Crippen molar-refractivity contribution in [1.29, 1.82) is 0 Å². The van der Waals surface area contributed by atoms with Crippen molar-refractivity contribution in [1.82, 2.24) is 0 Å². The van der Waals surface area contributed by atoms with E-state index in [2.05, 4.69) is 0 Å². The molecular formula is C5H11NOS. The van der Waals surface area contributed by atoms with E-state index in [4.69, 9.17) is 5.73 Å². The van der Waals surface area contributed by atoms with E-state index in [1.54, 1.807) is 11.8 Å². The summed E-state index contributed by atoms with van der Waals surface area (Å²) in [6, 6.07) is 0. The van der Waals surface area contributed by atoms with E-state index >= 15 is 0 Å². The van der Waals surface area contributed by atoms with Gasteiger partial charge in [-0.15, -0.1) is 11.8 Å². The second-order valence-electron chi connectivity index (χ2n) is 1.52. The molecule has 0 aliphatic carbocycles. The smallest absolute Gasteiger partial charge is 0.120 e. The zero-order chi connectivity index (χ0) is 6.41. The van der Waals surface area contributed by atoms with Crippen LogP contribution in [0.1, 0.15) is 12.8 Å². The molecule has 2 N–H and O–H groups in total. The van der Waals surface area contributed by atoms with Crippen molar-refractivity contribution in [3.8, 4) is 0 Å². The number of nitrogens with two attached hydrogens (primary N) is 1. The normalized spacial score (nSPS) is 13.2. The van der Waals surface area contributed by atoms with Crippen LogP contribution < -0.4 is 5.73 Å². The molecule has 0 saturated heterocycles. The van der Waals surface area contributed by atoms with Crippen LogP contribution >= 0.6 is 11.8 Å². The zero-order valence-corrected chi connectivity index (χ0v) is 5.78. The maximum Gasteiger partial charge on any atom is 0.120 e. The van der Waals surface area contributed by atoms with E-state index in [1.807, 2.05) is 6.26 Å². The van der Waals surface area contributed by atoms with Gasteiger partial charge >= 0.3 is 0 Å². The molecule has 0 spiro atoms. The number of carbonyl (C=O) groups excluding carboxylic acids is 1. The lowest BCUT2D eigenvalue weighted by atomic mass is 10.3. The van der Waals surface area contributed by atoms with Gasteiger partial charge in [-0.2, -0.15) is 0 Å². The third-order valence-corrected chi connectivity index (χ3v) is 1.71. The van der Waals surface area contributed by atoms with Crippen LogP contribution in [0.3, 0.4) is 0 Å². The van der Waals surface area contributed by atoms with Crippen LogP contribution in [-0.4, -0.2) is 17.9 Å². The lowest BCUT2D eigenvalue weighted by Crippen LogP contribution is -2.14. The van der Waals surface area contributed by atoms with Gasteiger partial charge in [0.1, 0.15) is 6.29 Å². The van der Waals surface area contributed by atoms with Gasteiger partial charge in [0.05, 0.1) is 5.37 Å². The predicted octanol–water partition coefficient (Wildman–Crippen LogP) is 0.613. The third kappa shape index (κ3) is 4.15. The van der Waals surface area contributed by atoms with Gasteiger partial charge in [0.25, 0.3) is 0 Å². The van der Waals surface area contributed by atoms with Gasteiger partial charge in [-0.1, -0.05) is 0 Å². The molecule has 48 valence electrons. The summed E-state index contributed by atoms with van der Waals surface area (Å²) in [5, 5.41) is 0.139. The Kier molecular flexibility index (Phi) is 5.11. The number of carbonyl (C=O) groups is 1. The Morgan fingerprint density at radius 1 is 1.88 bits per heavy atom. The number of aldehydes is 1. The summed E-state index contributed by atoms with van der Waals surface area (Å²) in [7, 11) is 0. The van der Waals surface area contributed by atoms with Crippen molar-refractivity contribution in [2.45, 2.75) is 18.2 Å². The fourth-order valence-electron chi connectivity index (χ4n) is 0.350. The molecule has 1 unspecified atom stereocenters. The van der Waals surface area contributed by atoms with Crippen LogP contribution in [0.5, 0.6) is 0 Å². The molecule has 0 heterocycles. The average Bonchev–Trinajstić information content (AvgIpc) is 1.83. The molecule has 3 heteroatoms. The summed E-state index contributed by atoms with van der Waals surface area (Å²) in [4.78, 5) is 9.76. The summed E-state index contributed by atoms with van der Waals surface area (Å²) in [5.74, 6) is 0. The standard InChI is InChI=1S/C5H11NOS/c1-8-5(6)3-2-4-7/h4-5H,2-3,6H2,1H3. The van der Waals surface area contributed by atoms with E-state index in [1.165, 1.54) is 0 Å². The number of hydrogen-bond acceptors (Lipinski definition) is 3. The SMILES string of the molecule is CSC(N)CCC=O. The third-order valence-electron chi connectivity index (χ3n) is 0.872. The van der Waals surface area contributed by atoms with Crippen molar-refractivity contribution in [2.75, 3.05) is 6.26 Å². The van der Waals surface area contributed by atoms with Gasteiger partial charge in [-0.25, -0.2) is 0 Å². The van der Waals surface area contributed by atoms with E-state index in [9.17, 15) is 4.79 Å². The molecule has 0 fully saturated rings. The van der Waals surface area contributed by atoms with Gasteiger partial charge in [-0.05, 0) is 12.7 Å². The lowest BCUT2D eigenvalue weighted by molar-refractivity contribution is -0.107. The fraction of sp³-hybridized carbons (Fsp3) is 0.800. The highest BCUT2D eigenvalue weighted by atomic mass is 32.2. The summed E-state index contributed by atoms with van der Waals surface area (Å²) in [5.41, 5.74) is 5.46. The molecule has 0 saturated carbocycles. The van der Waals surface area contributed by atoms with Gasteiger partial charge in [-0.3, -0.25) is 0 Å². The number of rotatable bonds is 4.